The lowest BCUT2D eigenvalue weighted by atomic mass is 10.0. The lowest BCUT2D eigenvalue weighted by Crippen LogP contribution is -2.40. The van der Waals surface area contributed by atoms with E-state index in [9.17, 15) is 0 Å². The van der Waals surface area contributed by atoms with Crippen molar-refractivity contribution in [2.24, 2.45) is 0 Å². The maximum Gasteiger partial charge on any atom is 0.266 e. The fraction of sp³-hybridized carbons (Fsp3) is 0.778. The number of hydrogen-bond acceptors (Lipinski definition) is 5. The summed E-state index contributed by atoms with van der Waals surface area (Å²) in [5, 5.41) is 7.21. The third-order valence-electron chi connectivity index (χ3n) is 2.95. The number of rotatable bonds is 2. The lowest BCUT2D eigenvalue weighted by Gasteiger charge is -2.22. The molecule has 0 saturated carbocycles. The van der Waals surface area contributed by atoms with Gasteiger partial charge in [0, 0.05) is 26.2 Å². The van der Waals surface area contributed by atoms with Crippen LogP contribution in [0.15, 0.2) is 4.52 Å². The van der Waals surface area contributed by atoms with Gasteiger partial charge in [-0.25, -0.2) is 0 Å². The Morgan fingerprint density at radius 1 is 1.29 bits per heavy atom. The molecule has 1 aromatic heterocycles. The van der Waals surface area contributed by atoms with Gasteiger partial charge < -0.3 is 14.7 Å². The van der Waals surface area contributed by atoms with Gasteiger partial charge in [-0.05, 0) is 18.0 Å². The second-order valence-electron chi connectivity index (χ2n) is 3.98. The molecule has 0 atom stereocenters. The minimum atomic E-state index is 0.443. The predicted octanol–water partition coefficient (Wildman–Crippen LogP) is 0.357. The molecule has 0 radical (unpaired) electrons. The van der Waals surface area contributed by atoms with Crippen molar-refractivity contribution < 1.29 is 4.52 Å². The van der Waals surface area contributed by atoms with Gasteiger partial charge in [0.1, 0.15) is 0 Å². The van der Waals surface area contributed by atoms with E-state index in [1.54, 1.807) is 0 Å². The van der Waals surface area contributed by atoms with Crippen LogP contribution in [0.25, 0.3) is 0 Å². The molecule has 5 heteroatoms. The van der Waals surface area contributed by atoms with Crippen LogP contribution in [0.5, 0.6) is 0 Å². The number of nitrogens with one attached hydrogen (secondary N) is 1. The van der Waals surface area contributed by atoms with Gasteiger partial charge >= 0.3 is 0 Å². The Morgan fingerprint density at radius 2 is 2.07 bits per heavy atom. The van der Waals surface area contributed by atoms with E-state index in [2.05, 4.69) is 20.4 Å². The van der Waals surface area contributed by atoms with Crippen LogP contribution in [-0.4, -0.2) is 36.3 Å². The molecule has 76 valence electrons. The topological polar surface area (TPSA) is 54.2 Å². The van der Waals surface area contributed by atoms with E-state index in [4.69, 9.17) is 4.52 Å². The van der Waals surface area contributed by atoms with Crippen LogP contribution >= 0.6 is 0 Å². The third kappa shape index (κ3) is 1.28. The standard InChI is InChI=1S/C9H14N4O/c1-2-4-13(3-1)9-11-8(14-12-9)7-5-10-6-7/h7,10H,1-6H2. The summed E-state index contributed by atoms with van der Waals surface area (Å²) < 4.78 is 5.24. The van der Waals surface area contributed by atoms with Crippen molar-refractivity contribution in [2.75, 3.05) is 31.1 Å². The molecule has 3 rings (SSSR count). The van der Waals surface area contributed by atoms with Crippen LogP contribution in [-0.2, 0) is 0 Å². The highest BCUT2D eigenvalue weighted by atomic mass is 16.5. The zero-order valence-corrected chi connectivity index (χ0v) is 8.07. The zero-order valence-electron chi connectivity index (χ0n) is 8.07. The molecule has 3 heterocycles. The highest BCUT2D eigenvalue weighted by molar-refractivity contribution is 5.29. The van der Waals surface area contributed by atoms with Crippen molar-refractivity contribution in [1.29, 1.82) is 0 Å². The van der Waals surface area contributed by atoms with E-state index < -0.39 is 0 Å². The average molecular weight is 194 g/mol. The highest BCUT2D eigenvalue weighted by Gasteiger charge is 2.26. The Labute approximate surface area is 82.5 Å². The smallest absolute Gasteiger partial charge is 0.266 e. The summed E-state index contributed by atoms with van der Waals surface area (Å²) in [4.78, 5) is 6.62. The summed E-state index contributed by atoms with van der Waals surface area (Å²) in [5.74, 6) is 2.02. The first kappa shape index (κ1) is 8.23. The molecule has 2 aliphatic rings. The molecule has 0 aromatic carbocycles. The largest absolute Gasteiger partial charge is 0.338 e. The predicted molar refractivity (Wildman–Crippen MR) is 51.4 cm³/mol. The quantitative estimate of drug-likeness (QED) is 0.736. The first-order valence-electron chi connectivity index (χ1n) is 5.23. The van der Waals surface area contributed by atoms with Crippen LogP contribution in [0, 0.1) is 0 Å². The van der Waals surface area contributed by atoms with Crippen LogP contribution in [0.1, 0.15) is 24.7 Å². The number of nitrogens with zero attached hydrogens (tertiary/aromatic N) is 3. The maximum atomic E-state index is 5.24. The monoisotopic (exact) mass is 194 g/mol. The van der Waals surface area contributed by atoms with Crippen molar-refractivity contribution in [3.05, 3.63) is 5.89 Å². The van der Waals surface area contributed by atoms with Gasteiger partial charge in [-0.2, -0.15) is 4.98 Å². The molecule has 0 unspecified atom stereocenters. The summed E-state index contributed by atoms with van der Waals surface area (Å²) in [7, 11) is 0. The van der Waals surface area contributed by atoms with Gasteiger partial charge in [0.05, 0.1) is 5.92 Å². The van der Waals surface area contributed by atoms with Crippen molar-refractivity contribution in [1.82, 2.24) is 15.5 Å². The van der Waals surface area contributed by atoms with Crippen LogP contribution < -0.4 is 10.2 Å². The second kappa shape index (κ2) is 3.24. The van der Waals surface area contributed by atoms with Crippen LogP contribution in [0.4, 0.5) is 5.95 Å². The Kier molecular flexibility index (Phi) is 1.90. The number of aromatic nitrogens is 2. The Balaban J connectivity index is 1.75. The molecular formula is C9H14N4O. The van der Waals surface area contributed by atoms with Gasteiger partial charge in [-0.15, -0.1) is 0 Å². The average Bonchev–Trinajstić information content (AvgIpc) is 2.65. The van der Waals surface area contributed by atoms with Crippen molar-refractivity contribution in [3.8, 4) is 0 Å². The summed E-state index contributed by atoms with van der Waals surface area (Å²) in [6.07, 6.45) is 2.49. The highest BCUT2D eigenvalue weighted by Crippen LogP contribution is 2.22. The Morgan fingerprint density at radius 3 is 2.71 bits per heavy atom. The van der Waals surface area contributed by atoms with E-state index >= 15 is 0 Å². The van der Waals surface area contributed by atoms with E-state index in [0.29, 0.717) is 5.92 Å². The molecule has 2 saturated heterocycles. The molecule has 0 bridgehead atoms. The van der Waals surface area contributed by atoms with Crippen LogP contribution in [0.3, 0.4) is 0 Å². The lowest BCUT2D eigenvalue weighted by molar-refractivity contribution is 0.308. The number of anilines is 1. The summed E-state index contributed by atoms with van der Waals surface area (Å²) in [6.45, 7) is 4.09. The molecule has 1 aromatic rings. The summed E-state index contributed by atoms with van der Waals surface area (Å²) in [5.41, 5.74) is 0. The molecule has 1 N–H and O–H groups in total. The van der Waals surface area contributed by atoms with Gasteiger partial charge in [-0.1, -0.05) is 0 Å². The van der Waals surface area contributed by atoms with Crippen molar-refractivity contribution in [3.63, 3.8) is 0 Å². The molecule has 0 aliphatic carbocycles. The fourth-order valence-corrected chi connectivity index (χ4v) is 1.90. The van der Waals surface area contributed by atoms with E-state index in [1.165, 1.54) is 12.8 Å². The second-order valence-corrected chi connectivity index (χ2v) is 3.98. The van der Waals surface area contributed by atoms with Crippen LogP contribution in [0.2, 0.25) is 0 Å². The summed E-state index contributed by atoms with van der Waals surface area (Å²) >= 11 is 0. The minimum Gasteiger partial charge on any atom is -0.338 e. The van der Waals surface area contributed by atoms with Crippen molar-refractivity contribution in [2.45, 2.75) is 18.8 Å². The molecule has 2 aliphatic heterocycles. The Hall–Kier alpha value is -1.10. The molecule has 5 nitrogen and oxygen atoms in total. The maximum absolute atomic E-state index is 5.24. The van der Waals surface area contributed by atoms with Gasteiger partial charge in [0.2, 0.25) is 5.89 Å². The van der Waals surface area contributed by atoms with Crippen molar-refractivity contribution >= 4 is 5.95 Å². The van der Waals surface area contributed by atoms with Gasteiger partial charge in [-0.3, -0.25) is 0 Å². The van der Waals surface area contributed by atoms with E-state index in [-0.39, 0.29) is 0 Å². The fourth-order valence-electron chi connectivity index (χ4n) is 1.90. The third-order valence-corrected chi connectivity index (χ3v) is 2.95. The molecule has 0 amide bonds. The SMILES string of the molecule is C1CCN(c2noc(C3CNC3)n2)C1. The minimum absolute atomic E-state index is 0.443. The molecule has 14 heavy (non-hydrogen) atoms. The van der Waals surface area contributed by atoms with Gasteiger partial charge in [0.25, 0.3) is 5.95 Å². The molecular weight excluding hydrogens is 180 g/mol. The first-order chi connectivity index (χ1) is 6.93. The van der Waals surface area contributed by atoms with E-state index in [1.807, 2.05) is 0 Å². The molecule has 0 spiro atoms. The zero-order chi connectivity index (χ0) is 9.38. The van der Waals surface area contributed by atoms with Gasteiger partial charge in [0.15, 0.2) is 0 Å². The Bertz CT molecular complexity index is 314. The van der Waals surface area contributed by atoms with E-state index in [0.717, 1.165) is 38.0 Å². The number of hydrogen-bond donors (Lipinski definition) is 1. The first-order valence-corrected chi connectivity index (χ1v) is 5.23. The molecule has 2 fully saturated rings. The summed E-state index contributed by atoms with van der Waals surface area (Å²) in [6, 6.07) is 0. The normalized spacial score (nSPS) is 22.7.